The Balaban J connectivity index is 0.000000396. The zero-order chi connectivity index (χ0) is 9.68. The van der Waals surface area contributed by atoms with Crippen LogP contribution in [-0.2, 0) is 0 Å². The summed E-state index contributed by atoms with van der Waals surface area (Å²) in [7, 11) is 2.14. The SMILES string of the molecule is CC.CN1CNC(c2cccs2)C1. The fraction of sp³-hybridized carbons (Fsp3) is 0.600. The highest BCUT2D eigenvalue weighted by Gasteiger charge is 2.20. The van der Waals surface area contributed by atoms with Crippen molar-refractivity contribution in [3.8, 4) is 0 Å². The van der Waals surface area contributed by atoms with Crippen molar-refractivity contribution in [3.05, 3.63) is 22.4 Å². The zero-order valence-electron chi connectivity index (χ0n) is 8.58. The van der Waals surface area contributed by atoms with Gasteiger partial charge in [-0.25, -0.2) is 0 Å². The summed E-state index contributed by atoms with van der Waals surface area (Å²) < 4.78 is 0. The van der Waals surface area contributed by atoms with Crippen molar-refractivity contribution in [2.24, 2.45) is 0 Å². The van der Waals surface area contributed by atoms with E-state index in [0.29, 0.717) is 6.04 Å². The molecule has 2 heterocycles. The molecule has 13 heavy (non-hydrogen) atoms. The van der Waals surface area contributed by atoms with Gasteiger partial charge in [0.15, 0.2) is 0 Å². The van der Waals surface area contributed by atoms with E-state index in [1.54, 1.807) is 0 Å². The molecule has 3 heteroatoms. The molecule has 1 aliphatic heterocycles. The second kappa shape index (κ2) is 5.37. The van der Waals surface area contributed by atoms with Crippen molar-refractivity contribution >= 4 is 11.3 Å². The number of hydrogen-bond donors (Lipinski definition) is 1. The van der Waals surface area contributed by atoms with Crippen molar-refractivity contribution in [2.45, 2.75) is 19.9 Å². The monoisotopic (exact) mass is 198 g/mol. The van der Waals surface area contributed by atoms with Gasteiger partial charge in [0.25, 0.3) is 0 Å². The quantitative estimate of drug-likeness (QED) is 0.745. The molecular formula is C10H18N2S. The maximum atomic E-state index is 3.45. The van der Waals surface area contributed by atoms with Crippen LogP contribution in [0.2, 0.25) is 0 Å². The Morgan fingerprint density at radius 1 is 1.54 bits per heavy atom. The Bertz CT molecular complexity index is 221. The Morgan fingerprint density at radius 3 is 2.77 bits per heavy atom. The van der Waals surface area contributed by atoms with Crippen LogP contribution in [0.15, 0.2) is 17.5 Å². The average molecular weight is 198 g/mol. The molecule has 0 spiro atoms. The Hall–Kier alpha value is -0.380. The highest BCUT2D eigenvalue weighted by atomic mass is 32.1. The van der Waals surface area contributed by atoms with Crippen molar-refractivity contribution < 1.29 is 0 Å². The minimum atomic E-state index is 0.569. The first kappa shape index (κ1) is 10.7. The lowest BCUT2D eigenvalue weighted by molar-refractivity contribution is 0.407. The summed E-state index contributed by atoms with van der Waals surface area (Å²) in [4.78, 5) is 3.75. The third kappa shape index (κ3) is 2.79. The molecule has 1 aromatic heterocycles. The molecule has 0 saturated carbocycles. The van der Waals surface area contributed by atoms with E-state index in [1.807, 2.05) is 25.2 Å². The smallest absolute Gasteiger partial charge is 0.0554 e. The molecule has 1 fully saturated rings. The highest BCUT2D eigenvalue weighted by Crippen LogP contribution is 2.22. The molecule has 0 aromatic carbocycles. The van der Waals surface area contributed by atoms with Gasteiger partial charge in [-0.3, -0.25) is 10.2 Å². The topological polar surface area (TPSA) is 15.3 Å². The zero-order valence-corrected chi connectivity index (χ0v) is 9.40. The molecule has 1 N–H and O–H groups in total. The molecule has 1 unspecified atom stereocenters. The van der Waals surface area contributed by atoms with Gasteiger partial charge in [-0.1, -0.05) is 19.9 Å². The van der Waals surface area contributed by atoms with E-state index in [0.717, 1.165) is 13.2 Å². The molecular weight excluding hydrogens is 180 g/mol. The lowest BCUT2D eigenvalue weighted by Crippen LogP contribution is -2.15. The summed E-state index contributed by atoms with van der Waals surface area (Å²) in [6.07, 6.45) is 0. The number of hydrogen-bond acceptors (Lipinski definition) is 3. The fourth-order valence-corrected chi connectivity index (χ4v) is 2.18. The number of nitrogens with zero attached hydrogens (tertiary/aromatic N) is 1. The largest absolute Gasteiger partial charge is 0.295 e. The standard InChI is InChI=1S/C8H12N2S.C2H6/c1-10-5-7(9-6-10)8-3-2-4-11-8;1-2/h2-4,7,9H,5-6H2,1H3;1-2H3. The summed E-state index contributed by atoms with van der Waals surface area (Å²) >= 11 is 1.83. The first-order valence-electron chi connectivity index (χ1n) is 4.81. The van der Waals surface area contributed by atoms with Gasteiger partial charge in [0, 0.05) is 18.1 Å². The summed E-state index contributed by atoms with van der Waals surface area (Å²) in [5.41, 5.74) is 0. The van der Waals surface area contributed by atoms with E-state index < -0.39 is 0 Å². The van der Waals surface area contributed by atoms with Crippen LogP contribution < -0.4 is 5.32 Å². The molecule has 2 nitrogen and oxygen atoms in total. The van der Waals surface area contributed by atoms with E-state index in [2.05, 4.69) is 34.8 Å². The van der Waals surface area contributed by atoms with Crippen LogP contribution in [0.25, 0.3) is 0 Å². The number of thiophene rings is 1. The van der Waals surface area contributed by atoms with E-state index in [4.69, 9.17) is 0 Å². The van der Waals surface area contributed by atoms with Crippen molar-refractivity contribution in [2.75, 3.05) is 20.3 Å². The number of likely N-dealkylation sites (N-methyl/N-ethyl adjacent to an activating group) is 1. The van der Waals surface area contributed by atoms with Gasteiger partial charge in [-0.05, 0) is 18.5 Å². The number of rotatable bonds is 1. The summed E-state index contributed by atoms with van der Waals surface area (Å²) in [5.74, 6) is 0. The molecule has 1 saturated heterocycles. The van der Waals surface area contributed by atoms with E-state index in [9.17, 15) is 0 Å². The van der Waals surface area contributed by atoms with Gasteiger partial charge in [0.1, 0.15) is 0 Å². The molecule has 0 amide bonds. The molecule has 0 radical (unpaired) electrons. The van der Waals surface area contributed by atoms with E-state index in [1.165, 1.54) is 4.88 Å². The van der Waals surface area contributed by atoms with E-state index >= 15 is 0 Å². The minimum Gasteiger partial charge on any atom is -0.295 e. The number of nitrogens with one attached hydrogen (secondary N) is 1. The molecule has 1 aromatic rings. The van der Waals surface area contributed by atoms with Gasteiger partial charge < -0.3 is 0 Å². The van der Waals surface area contributed by atoms with Crippen LogP contribution in [0, 0.1) is 0 Å². The molecule has 0 bridgehead atoms. The maximum Gasteiger partial charge on any atom is 0.0554 e. The third-order valence-electron chi connectivity index (χ3n) is 1.99. The fourth-order valence-electron chi connectivity index (χ4n) is 1.39. The second-order valence-corrected chi connectivity index (χ2v) is 3.95. The van der Waals surface area contributed by atoms with Crippen molar-refractivity contribution in [1.29, 1.82) is 0 Å². The summed E-state index contributed by atoms with van der Waals surface area (Å²) in [6.45, 7) is 6.16. The average Bonchev–Trinajstić information content (AvgIpc) is 2.77. The van der Waals surface area contributed by atoms with Crippen LogP contribution in [-0.4, -0.2) is 25.2 Å². The Morgan fingerprint density at radius 2 is 2.31 bits per heavy atom. The van der Waals surface area contributed by atoms with Gasteiger partial charge >= 0.3 is 0 Å². The molecule has 1 atom stereocenters. The lowest BCUT2D eigenvalue weighted by atomic mass is 10.2. The summed E-state index contributed by atoms with van der Waals surface area (Å²) in [6, 6.07) is 4.88. The molecule has 0 aliphatic carbocycles. The van der Waals surface area contributed by atoms with Gasteiger partial charge in [-0.2, -0.15) is 0 Å². The predicted octanol–water partition coefficient (Wildman–Crippen LogP) is 2.31. The van der Waals surface area contributed by atoms with Crippen LogP contribution in [0.3, 0.4) is 0 Å². The van der Waals surface area contributed by atoms with Crippen LogP contribution in [0.1, 0.15) is 24.8 Å². The van der Waals surface area contributed by atoms with Crippen LogP contribution in [0.4, 0.5) is 0 Å². The van der Waals surface area contributed by atoms with Crippen LogP contribution >= 0.6 is 11.3 Å². The normalized spacial score (nSPS) is 22.5. The third-order valence-corrected chi connectivity index (χ3v) is 2.97. The molecule has 1 aliphatic rings. The Labute approximate surface area is 84.6 Å². The first-order chi connectivity index (χ1) is 6.36. The summed E-state index contributed by atoms with van der Waals surface area (Å²) in [5, 5.41) is 5.58. The lowest BCUT2D eigenvalue weighted by Gasteiger charge is -2.06. The Kier molecular flexibility index (Phi) is 4.42. The highest BCUT2D eigenvalue weighted by molar-refractivity contribution is 7.10. The van der Waals surface area contributed by atoms with Gasteiger partial charge in [-0.15, -0.1) is 11.3 Å². The maximum absolute atomic E-state index is 3.45. The second-order valence-electron chi connectivity index (χ2n) is 2.97. The van der Waals surface area contributed by atoms with E-state index in [-0.39, 0.29) is 0 Å². The molecule has 74 valence electrons. The van der Waals surface area contributed by atoms with Gasteiger partial charge in [0.2, 0.25) is 0 Å². The van der Waals surface area contributed by atoms with Crippen molar-refractivity contribution in [1.82, 2.24) is 10.2 Å². The van der Waals surface area contributed by atoms with Crippen LogP contribution in [0.5, 0.6) is 0 Å². The first-order valence-corrected chi connectivity index (χ1v) is 5.69. The molecule has 2 rings (SSSR count). The van der Waals surface area contributed by atoms with Gasteiger partial charge in [0.05, 0.1) is 6.04 Å². The minimum absolute atomic E-state index is 0.569. The predicted molar refractivity (Wildman–Crippen MR) is 59.0 cm³/mol. The van der Waals surface area contributed by atoms with Crippen molar-refractivity contribution in [3.63, 3.8) is 0 Å².